The first-order chi connectivity index (χ1) is 13.5. The SMILES string of the molecule is O=C(Oc1ccc2c(=O)c(-c3ccc(Br)cc3)coc2c1)c1ccc(F)cc1. The molecule has 4 nitrogen and oxygen atoms in total. The largest absolute Gasteiger partial charge is 0.463 e. The maximum Gasteiger partial charge on any atom is 0.343 e. The van der Waals surface area contributed by atoms with E-state index in [1.165, 1.54) is 42.7 Å². The van der Waals surface area contributed by atoms with Crippen molar-refractivity contribution in [3.8, 4) is 16.9 Å². The third kappa shape index (κ3) is 3.59. The predicted molar refractivity (Wildman–Crippen MR) is 107 cm³/mol. The van der Waals surface area contributed by atoms with Crippen molar-refractivity contribution in [1.82, 2.24) is 0 Å². The zero-order chi connectivity index (χ0) is 19.7. The Morgan fingerprint density at radius 3 is 2.39 bits per heavy atom. The highest BCUT2D eigenvalue weighted by molar-refractivity contribution is 9.10. The maximum atomic E-state index is 13.0. The Balaban J connectivity index is 1.65. The summed E-state index contributed by atoms with van der Waals surface area (Å²) in [6.07, 6.45) is 1.39. The summed E-state index contributed by atoms with van der Waals surface area (Å²) in [4.78, 5) is 24.9. The molecule has 4 rings (SSSR count). The first-order valence-corrected chi connectivity index (χ1v) is 9.10. The second kappa shape index (κ2) is 7.40. The first-order valence-electron chi connectivity index (χ1n) is 8.30. The molecule has 0 spiro atoms. The van der Waals surface area contributed by atoms with Crippen LogP contribution in [0.25, 0.3) is 22.1 Å². The van der Waals surface area contributed by atoms with Crippen LogP contribution in [0.4, 0.5) is 4.39 Å². The molecule has 0 aliphatic heterocycles. The van der Waals surface area contributed by atoms with E-state index in [1.807, 2.05) is 24.3 Å². The fraction of sp³-hybridized carbons (Fsp3) is 0. The van der Waals surface area contributed by atoms with Crippen LogP contribution in [0.2, 0.25) is 0 Å². The summed E-state index contributed by atoms with van der Waals surface area (Å²) in [6, 6.07) is 16.9. The Kier molecular flexibility index (Phi) is 4.79. The smallest absolute Gasteiger partial charge is 0.343 e. The zero-order valence-corrected chi connectivity index (χ0v) is 15.9. The van der Waals surface area contributed by atoms with Gasteiger partial charge in [-0.3, -0.25) is 4.79 Å². The molecular weight excluding hydrogens is 427 g/mol. The van der Waals surface area contributed by atoms with Gasteiger partial charge in [-0.25, -0.2) is 9.18 Å². The van der Waals surface area contributed by atoms with Crippen LogP contribution in [0.1, 0.15) is 10.4 Å². The van der Waals surface area contributed by atoms with Gasteiger partial charge in [0.1, 0.15) is 23.4 Å². The summed E-state index contributed by atoms with van der Waals surface area (Å²) in [7, 11) is 0. The lowest BCUT2D eigenvalue weighted by Crippen LogP contribution is -2.09. The van der Waals surface area contributed by atoms with Gasteiger partial charge in [0.05, 0.1) is 16.5 Å². The molecule has 0 aliphatic rings. The molecule has 0 atom stereocenters. The fourth-order valence-electron chi connectivity index (χ4n) is 2.75. The van der Waals surface area contributed by atoms with E-state index in [1.54, 1.807) is 6.07 Å². The van der Waals surface area contributed by atoms with Crippen molar-refractivity contribution in [3.63, 3.8) is 0 Å². The highest BCUT2D eigenvalue weighted by Gasteiger charge is 2.13. The summed E-state index contributed by atoms with van der Waals surface area (Å²) >= 11 is 3.36. The lowest BCUT2D eigenvalue weighted by molar-refractivity contribution is 0.0735. The fourth-order valence-corrected chi connectivity index (χ4v) is 3.02. The van der Waals surface area contributed by atoms with E-state index in [2.05, 4.69) is 15.9 Å². The average molecular weight is 439 g/mol. The van der Waals surface area contributed by atoms with Crippen molar-refractivity contribution >= 4 is 32.9 Å². The maximum absolute atomic E-state index is 13.0. The molecule has 0 aliphatic carbocycles. The first kappa shape index (κ1) is 18.1. The van der Waals surface area contributed by atoms with Gasteiger partial charge in [0.2, 0.25) is 0 Å². The predicted octanol–water partition coefficient (Wildman–Crippen LogP) is 5.58. The number of benzene rings is 3. The van der Waals surface area contributed by atoms with Crippen molar-refractivity contribution in [1.29, 1.82) is 0 Å². The van der Waals surface area contributed by atoms with E-state index in [9.17, 15) is 14.0 Å². The molecule has 3 aromatic carbocycles. The molecule has 0 amide bonds. The van der Waals surface area contributed by atoms with Gasteiger partial charge in [-0.05, 0) is 54.1 Å². The Hall–Kier alpha value is -3.25. The molecule has 0 saturated heterocycles. The lowest BCUT2D eigenvalue weighted by Gasteiger charge is -2.07. The quantitative estimate of drug-likeness (QED) is 0.309. The summed E-state index contributed by atoms with van der Waals surface area (Å²) in [5.41, 5.74) is 1.52. The van der Waals surface area contributed by atoms with Gasteiger partial charge in [-0.15, -0.1) is 0 Å². The molecule has 1 aromatic heterocycles. The number of rotatable bonds is 3. The average Bonchev–Trinajstić information content (AvgIpc) is 2.69. The standard InChI is InChI=1S/C22H12BrFO4/c23-15-5-1-13(2-6-15)19-12-27-20-11-17(9-10-18(20)21(19)25)28-22(26)14-3-7-16(24)8-4-14/h1-12H. The van der Waals surface area contributed by atoms with E-state index >= 15 is 0 Å². The van der Waals surface area contributed by atoms with Crippen LogP contribution in [0.15, 0.2) is 86.7 Å². The minimum absolute atomic E-state index is 0.181. The summed E-state index contributed by atoms with van der Waals surface area (Å²) < 4.78 is 24.8. The second-order valence-corrected chi connectivity index (χ2v) is 6.96. The van der Waals surface area contributed by atoms with Crippen molar-refractivity contribution in [2.24, 2.45) is 0 Å². The van der Waals surface area contributed by atoms with Crippen molar-refractivity contribution in [2.75, 3.05) is 0 Å². The Bertz CT molecular complexity index is 1230. The summed E-state index contributed by atoms with van der Waals surface area (Å²) in [5.74, 6) is -0.847. The zero-order valence-electron chi connectivity index (χ0n) is 14.3. The highest BCUT2D eigenvalue weighted by Crippen LogP contribution is 2.24. The van der Waals surface area contributed by atoms with Crippen molar-refractivity contribution < 1.29 is 18.3 Å². The Morgan fingerprint density at radius 1 is 0.964 bits per heavy atom. The molecule has 28 heavy (non-hydrogen) atoms. The van der Waals surface area contributed by atoms with Gasteiger partial charge in [0.25, 0.3) is 0 Å². The molecule has 4 aromatic rings. The van der Waals surface area contributed by atoms with Gasteiger partial charge in [0.15, 0.2) is 5.43 Å². The number of fused-ring (bicyclic) bond motifs is 1. The van der Waals surface area contributed by atoms with Gasteiger partial charge in [0, 0.05) is 10.5 Å². The minimum atomic E-state index is -0.631. The van der Waals surface area contributed by atoms with Crippen LogP contribution in [0.3, 0.4) is 0 Å². The van der Waals surface area contributed by atoms with E-state index in [0.717, 1.165) is 10.0 Å². The number of hydrogen-bond acceptors (Lipinski definition) is 4. The molecule has 0 fully saturated rings. The Labute approximate surface area is 167 Å². The van der Waals surface area contributed by atoms with Gasteiger partial charge in [-0.2, -0.15) is 0 Å². The van der Waals surface area contributed by atoms with E-state index in [4.69, 9.17) is 9.15 Å². The molecule has 6 heteroatoms. The number of carbonyl (C=O) groups excluding carboxylic acids is 1. The van der Waals surface area contributed by atoms with Crippen LogP contribution in [-0.4, -0.2) is 5.97 Å². The minimum Gasteiger partial charge on any atom is -0.463 e. The summed E-state index contributed by atoms with van der Waals surface area (Å²) in [6.45, 7) is 0. The van der Waals surface area contributed by atoms with Crippen LogP contribution < -0.4 is 10.2 Å². The van der Waals surface area contributed by atoms with E-state index < -0.39 is 11.8 Å². The molecule has 0 unspecified atom stereocenters. The monoisotopic (exact) mass is 438 g/mol. The van der Waals surface area contributed by atoms with Crippen LogP contribution >= 0.6 is 15.9 Å². The lowest BCUT2D eigenvalue weighted by atomic mass is 10.1. The molecule has 0 saturated carbocycles. The number of ether oxygens (including phenoxy) is 1. The molecule has 0 bridgehead atoms. The summed E-state index contributed by atoms with van der Waals surface area (Å²) in [5, 5.41) is 0.377. The van der Waals surface area contributed by atoms with Crippen LogP contribution in [0.5, 0.6) is 5.75 Å². The second-order valence-electron chi connectivity index (χ2n) is 6.04. The van der Waals surface area contributed by atoms with E-state index in [-0.39, 0.29) is 16.7 Å². The van der Waals surface area contributed by atoms with Gasteiger partial charge in [-0.1, -0.05) is 28.1 Å². The normalized spacial score (nSPS) is 10.8. The highest BCUT2D eigenvalue weighted by atomic mass is 79.9. The van der Waals surface area contributed by atoms with Gasteiger partial charge < -0.3 is 9.15 Å². The topological polar surface area (TPSA) is 56.5 Å². The molecule has 1 heterocycles. The molecule has 0 radical (unpaired) electrons. The Morgan fingerprint density at radius 2 is 1.68 bits per heavy atom. The van der Waals surface area contributed by atoms with Crippen LogP contribution in [-0.2, 0) is 0 Å². The third-order valence-corrected chi connectivity index (χ3v) is 4.72. The molecular formula is C22H12BrFO4. The third-order valence-electron chi connectivity index (χ3n) is 4.19. The van der Waals surface area contributed by atoms with Crippen molar-refractivity contribution in [3.05, 3.63) is 99.1 Å². The van der Waals surface area contributed by atoms with Gasteiger partial charge >= 0.3 is 5.97 Å². The molecule has 138 valence electrons. The molecule has 0 N–H and O–H groups in total. The number of halogens is 2. The van der Waals surface area contributed by atoms with Crippen LogP contribution in [0, 0.1) is 5.82 Å². The number of hydrogen-bond donors (Lipinski definition) is 0. The van der Waals surface area contributed by atoms with Crippen molar-refractivity contribution in [2.45, 2.75) is 0 Å². The number of esters is 1. The van der Waals surface area contributed by atoms with E-state index in [0.29, 0.717) is 16.5 Å². The number of carbonyl (C=O) groups is 1.